The molecule has 2 fully saturated rings. The van der Waals surface area contributed by atoms with Crippen LogP contribution >= 0.6 is 11.6 Å². The molecule has 3 rings (SSSR count). The summed E-state index contributed by atoms with van der Waals surface area (Å²) in [5.74, 6) is -4.78. The first kappa shape index (κ1) is 21.6. The highest BCUT2D eigenvalue weighted by Gasteiger charge is 2.51. The van der Waals surface area contributed by atoms with Gasteiger partial charge in [-0.3, -0.25) is 4.79 Å². The lowest BCUT2D eigenvalue weighted by atomic mass is 9.69. The van der Waals surface area contributed by atoms with Gasteiger partial charge in [-0.2, -0.15) is 13.2 Å². The Balaban J connectivity index is 1.85. The van der Waals surface area contributed by atoms with E-state index in [0.717, 1.165) is 12.1 Å². The van der Waals surface area contributed by atoms with E-state index in [1.165, 1.54) is 11.8 Å². The Morgan fingerprint density at radius 1 is 1.31 bits per heavy atom. The Labute approximate surface area is 168 Å². The molecule has 1 aliphatic heterocycles. The van der Waals surface area contributed by atoms with Gasteiger partial charge in [-0.15, -0.1) is 0 Å². The summed E-state index contributed by atoms with van der Waals surface area (Å²) in [6, 6.07) is -0.690. The van der Waals surface area contributed by atoms with Crippen molar-refractivity contribution in [2.45, 2.75) is 38.0 Å². The summed E-state index contributed by atoms with van der Waals surface area (Å²) in [5, 5.41) is 4.33. The van der Waals surface area contributed by atoms with Gasteiger partial charge in [0, 0.05) is 18.7 Å². The molecule has 1 aromatic rings. The van der Waals surface area contributed by atoms with Crippen LogP contribution in [0.5, 0.6) is 0 Å². The van der Waals surface area contributed by atoms with Crippen LogP contribution < -0.4 is 10.6 Å². The zero-order valence-electron chi connectivity index (χ0n) is 15.3. The number of carbonyl (C=O) groups is 2. The van der Waals surface area contributed by atoms with Crippen LogP contribution in [0.4, 0.5) is 26.7 Å². The number of piperazine rings is 1. The van der Waals surface area contributed by atoms with Crippen molar-refractivity contribution in [2.24, 2.45) is 11.8 Å². The molecule has 1 heterocycles. The Morgan fingerprint density at radius 3 is 2.59 bits per heavy atom. The zero-order chi connectivity index (χ0) is 21.5. The van der Waals surface area contributed by atoms with Crippen LogP contribution in [-0.2, 0) is 4.79 Å². The van der Waals surface area contributed by atoms with Crippen molar-refractivity contribution in [3.8, 4) is 0 Å². The van der Waals surface area contributed by atoms with Crippen LogP contribution in [0.2, 0.25) is 5.02 Å². The van der Waals surface area contributed by atoms with E-state index in [9.17, 15) is 31.5 Å². The largest absolute Gasteiger partial charge is 0.391 e. The van der Waals surface area contributed by atoms with Crippen LogP contribution in [0, 0.1) is 23.5 Å². The van der Waals surface area contributed by atoms with Crippen LogP contribution in [0.1, 0.15) is 31.4 Å². The van der Waals surface area contributed by atoms with Gasteiger partial charge in [0.2, 0.25) is 5.91 Å². The highest BCUT2D eigenvalue weighted by atomic mass is 35.5. The molecular weight excluding hydrogens is 421 g/mol. The minimum absolute atomic E-state index is 0.188. The van der Waals surface area contributed by atoms with Crippen LogP contribution in [0.25, 0.3) is 0 Å². The lowest BCUT2D eigenvalue weighted by Gasteiger charge is -2.43. The van der Waals surface area contributed by atoms with Crippen molar-refractivity contribution in [3.05, 3.63) is 34.4 Å². The standard InChI is InChI=1S/C18H19ClF5N3O2/c1-8-16(28)25-4-5-27(8)17(29)26-15(9-6-10(7-9)18(22,23)24)11-2-3-12(20)13(19)14(11)21/h2-3,8-10,15H,4-7H2,1H3,(H,25,28)(H,26,29)/t8-,9-,10-,15-/m1/s1. The third-order valence-corrected chi connectivity index (χ3v) is 5.89. The van der Waals surface area contributed by atoms with Gasteiger partial charge < -0.3 is 15.5 Å². The maximum Gasteiger partial charge on any atom is 0.391 e. The molecule has 0 aromatic heterocycles. The third kappa shape index (κ3) is 4.26. The lowest BCUT2D eigenvalue weighted by molar-refractivity contribution is -0.206. The Hall–Kier alpha value is -2.10. The van der Waals surface area contributed by atoms with Gasteiger partial charge >= 0.3 is 12.2 Å². The number of amides is 3. The first-order valence-corrected chi connectivity index (χ1v) is 9.43. The maximum atomic E-state index is 14.6. The molecule has 1 aliphatic carbocycles. The average molecular weight is 440 g/mol. The first-order chi connectivity index (χ1) is 13.5. The number of rotatable bonds is 3. The maximum absolute atomic E-state index is 14.6. The number of carbonyl (C=O) groups excluding carboxylic acids is 2. The number of alkyl halides is 3. The number of urea groups is 1. The van der Waals surface area contributed by atoms with E-state index >= 15 is 0 Å². The Bertz CT molecular complexity index is 813. The lowest BCUT2D eigenvalue weighted by Crippen LogP contribution is -2.59. The van der Waals surface area contributed by atoms with Crippen molar-refractivity contribution in [1.82, 2.24) is 15.5 Å². The van der Waals surface area contributed by atoms with Gasteiger partial charge in [-0.1, -0.05) is 17.7 Å². The molecule has 29 heavy (non-hydrogen) atoms. The number of benzene rings is 1. The molecule has 1 saturated carbocycles. The fraction of sp³-hybridized carbons (Fsp3) is 0.556. The summed E-state index contributed by atoms with van der Waals surface area (Å²) in [7, 11) is 0. The number of nitrogens with zero attached hydrogens (tertiary/aromatic N) is 1. The SMILES string of the molecule is C[C@@H]1C(=O)NCCN1C(=O)N[C@@H](c1ccc(F)c(Cl)c1F)[C@H]1C[C@H](C(F)(F)F)C1. The van der Waals surface area contributed by atoms with Gasteiger partial charge in [0.1, 0.15) is 22.7 Å². The minimum Gasteiger partial charge on any atom is -0.353 e. The zero-order valence-corrected chi connectivity index (χ0v) is 16.1. The Kier molecular flexibility index (Phi) is 5.93. The second-order valence-corrected chi connectivity index (χ2v) is 7.70. The molecule has 2 aliphatic rings. The summed E-state index contributed by atoms with van der Waals surface area (Å²) in [4.78, 5) is 25.7. The average Bonchev–Trinajstić information content (AvgIpc) is 2.59. The second-order valence-electron chi connectivity index (χ2n) is 7.32. The quantitative estimate of drug-likeness (QED) is 0.556. The van der Waals surface area contributed by atoms with Crippen LogP contribution in [0.15, 0.2) is 12.1 Å². The summed E-state index contributed by atoms with van der Waals surface area (Å²) in [6.45, 7) is 1.91. The monoisotopic (exact) mass is 439 g/mol. The van der Waals surface area contributed by atoms with Crippen molar-refractivity contribution in [1.29, 1.82) is 0 Å². The van der Waals surface area contributed by atoms with E-state index < -0.39 is 52.8 Å². The molecule has 0 radical (unpaired) electrons. The first-order valence-electron chi connectivity index (χ1n) is 9.05. The fourth-order valence-corrected chi connectivity index (χ4v) is 3.88. The summed E-state index contributed by atoms with van der Waals surface area (Å²) in [5.41, 5.74) is -0.190. The highest BCUT2D eigenvalue weighted by molar-refractivity contribution is 6.31. The minimum atomic E-state index is -4.39. The second kappa shape index (κ2) is 7.97. The van der Waals surface area contributed by atoms with E-state index in [2.05, 4.69) is 10.6 Å². The summed E-state index contributed by atoms with van der Waals surface area (Å²) in [6.07, 6.45) is -5.00. The van der Waals surface area contributed by atoms with Gasteiger partial charge in [-0.05, 0) is 31.7 Å². The molecule has 0 bridgehead atoms. The molecule has 3 amide bonds. The molecule has 2 atom stereocenters. The predicted molar refractivity (Wildman–Crippen MR) is 94.1 cm³/mol. The summed E-state index contributed by atoms with van der Waals surface area (Å²) < 4.78 is 66.8. The highest BCUT2D eigenvalue weighted by Crippen LogP contribution is 2.50. The predicted octanol–water partition coefficient (Wildman–Crippen LogP) is 3.78. The van der Waals surface area contributed by atoms with Gasteiger partial charge in [0.15, 0.2) is 0 Å². The molecule has 1 saturated heterocycles. The van der Waals surface area contributed by atoms with Gasteiger partial charge in [-0.25, -0.2) is 13.6 Å². The number of hydrogen-bond acceptors (Lipinski definition) is 2. The van der Waals surface area contributed by atoms with Gasteiger partial charge in [0.25, 0.3) is 0 Å². The molecule has 5 nitrogen and oxygen atoms in total. The molecule has 0 spiro atoms. The third-order valence-electron chi connectivity index (χ3n) is 5.55. The topological polar surface area (TPSA) is 61.4 Å². The van der Waals surface area contributed by atoms with E-state index in [1.807, 2.05) is 0 Å². The molecular formula is C18H19ClF5N3O2. The molecule has 160 valence electrons. The molecule has 1 aromatic carbocycles. The number of nitrogens with one attached hydrogen (secondary N) is 2. The molecule has 2 N–H and O–H groups in total. The van der Waals surface area contributed by atoms with Gasteiger partial charge in [0.05, 0.1) is 12.0 Å². The van der Waals surface area contributed by atoms with E-state index in [4.69, 9.17) is 11.6 Å². The molecule has 0 unspecified atom stereocenters. The van der Waals surface area contributed by atoms with E-state index in [-0.39, 0.29) is 37.4 Å². The van der Waals surface area contributed by atoms with Crippen molar-refractivity contribution < 1.29 is 31.5 Å². The van der Waals surface area contributed by atoms with E-state index in [1.54, 1.807) is 0 Å². The number of hydrogen-bond donors (Lipinski definition) is 2. The van der Waals surface area contributed by atoms with Crippen molar-refractivity contribution in [2.75, 3.05) is 13.1 Å². The smallest absolute Gasteiger partial charge is 0.353 e. The van der Waals surface area contributed by atoms with E-state index in [0.29, 0.717) is 0 Å². The normalized spacial score (nSPS) is 25.8. The Morgan fingerprint density at radius 2 is 1.97 bits per heavy atom. The van der Waals surface area contributed by atoms with Crippen LogP contribution in [0.3, 0.4) is 0 Å². The number of halogens is 6. The fourth-order valence-electron chi connectivity index (χ4n) is 3.71. The molecule has 11 heteroatoms. The van der Waals surface area contributed by atoms with Crippen molar-refractivity contribution >= 4 is 23.5 Å². The van der Waals surface area contributed by atoms with Crippen molar-refractivity contribution in [3.63, 3.8) is 0 Å². The van der Waals surface area contributed by atoms with Crippen LogP contribution in [-0.4, -0.2) is 42.1 Å². The summed E-state index contributed by atoms with van der Waals surface area (Å²) >= 11 is 5.62.